The Kier molecular flexibility index (Phi) is 4.46. The fraction of sp³-hybridized carbons (Fsp3) is 0.647. The molecule has 1 aromatic carbocycles. The van der Waals surface area contributed by atoms with Crippen molar-refractivity contribution in [2.24, 2.45) is 17.8 Å². The zero-order valence-corrected chi connectivity index (χ0v) is 13.6. The van der Waals surface area contributed by atoms with E-state index >= 15 is 0 Å². The van der Waals surface area contributed by atoms with E-state index in [1.165, 1.54) is 25.3 Å². The van der Waals surface area contributed by atoms with Crippen LogP contribution >= 0.6 is 15.9 Å². The van der Waals surface area contributed by atoms with Crippen LogP contribution < -0.4 is 5.32 Å². The van der Waals surface area contributed by atoms with Crippen LogP contribution in [0.15, 0.2) is 22.7 Å². The maximum Gasteiger partial charge on any atom is 0.137 e. The van der Waals surface area contributed by atoms with Gasteiger partial charge in [-0.05, 0) is 84.0 Å². The fourth-order valence-electron chi connectivity index (χ4n) is 3.77. The second-order valence-corrected chi connectivity index (χ2v) is 7.26. The number of fused-ring (bicyclic) bond motifs is 1. The highest BCUT2D eigenvalue weighted by Gasteiger charge is 2.47. The number of hydrogen-bond acceptors (Lipinski definition) is 1. The minimum atomic E-state index is -0.147. The molecular weight excluding hydrogens is 317 g/mol. The lowest BCUT2D eigenvalue weighted by molar-refractivity contribution is 0.332. The molecular formula is C17H23BrFN. The van der Waals surface area contributed by atoms with Crippen molar-refractivity contribution in [2.75, 3.05) is 6.54 Å². The van der Waals surface area contributed by atoms with E-state index in [4.69, 9.17) is 0 Å². The third kappa shape index (κ3) is 3.09. The van der Waals surface area contributed by atoms with Gasteiger partial charge in [0, 0.05) is 6.04 Å². The average molecular weight is 340 g/mol. The Morgan fingerprint density at radius 2 is 2.05 bits per heavy atom. The zero-order valence-electron chi connectivity index (χ0n) is 12.0. The van der Waals surface area contributed by atoms with E-state index in [0.29, 0.717) is 10.5 Å². The van der Waals surface area contributed by atoms with Crippen molar-refractivity contribution in [1.29, 1.82) is 0 Å². The van der Waals surface area contributed by atoms with Crippen LogP contribution in [0.2, 0.25) is 0 Å². The van der Waals surface area contributed by atoms with Crippen molar-refractivity contribution in [2.45, 2.75) is 45.1 Å². The predicted molar refractivity (Wildman–Crippen MR) is 84.2 cm³/mol. The second kappa shape index (κ2) is 6.15. The molecule has 2 saturated carbocycles. The molecule has 3 rings (SSSR count). The van der Waals surface area contributed by atoms with Crippen molar-refractivity contribution in [3.05, 3.63) is 34.1 Å². The average Bonchev–Trinajstić information content (AvgIpc) is 3.06. The lowest BCUT2D eigenvalue weighted by atomic mass is 9.89. The van der Waals surface area contributed by atoms with Gasteiger partial charge in [-0.3, -0.25) is 0 Å². The van der Waals surface area contributed by atoms with Gasteiger partial charge in [0.25, 0.3) is 0 Å². The fourth-order valence-corrected chi connectivity index (χ4v) is 4.19. The van der Waals surface area contributed by atoms with Gasteiger partial charge >= 0.3 is 0 Å². The van der Waals surface area contributed by atoms with Gasteiger partial charge in [-0.25, -0.2) is 4.39 Å². The predicted octanol–water partition coefficient (Wildman–Crippen LogP) is 4.55. The summed E-state index contributed by atoms with van der Waals surface area (Å²) in [6.45, 7) is 3.26. The zero-order chi connectivity index (χ0) is 14.1. The highest BCUT2D eigenvalue weighted by Crippen LogP contribution is 2.55. The van der Waals surface area contributed by atoms with Gasteiger partial charge in [-0.1, -0.05) is 19.1 Å². The van der Waals surface area contributed by atoms with E-state index in [9.17, 15) is 4.39 Å². The van der Waals surface area contributed by atoms with Gasteiger partial charge in [0.1, 0.15) is 5.82 Å². The van der Waals surface area contributed by atoms with E-state index in [0.717, 1.165) is 42.7 Å². The van der Waals surface area contributed by atoms with Crippen LogP contribution in [0.4, 0.5) is 4.39 Å². The smallest absolute Gasteiger partial charge is 0.137 e. The number of halogens is 2. The highest BCUT2D eigenvalue weighted by atomic mass is 79.9. The van der Waals surface area contributed by atoms with E-state index in [-0.39, 0.29) is 5.82 Å². The molecule has 3 atom stereocenters. The summed E-state index contributed by atoms with van der Waals surface area (Å²) in [5.41, 5.74) is 1.10. The summed E-state index contributed by atoms with van der Waals surface area (Å²) < 4.78 is 14.3. The van der Waals surface area contributed by atoms with Gasteiger partial charge in [0.05, 0.1) is 4.47 Å². The van der Waals surface area contributed by atoms with Crippen LogP contribution in [0, 0.1) is 23.6 Å². The van der Waals surface area contributed by atoms with Crippen LogP contribution in [-0.4, -0.2) is 12.6 Å². The molecule has 1 aromatic rings. The maximum atomic E-state index is 13.7. The van der Waals surface area contributed by atoms with Gasteiger partial charge < -0.3 is 5.32 Å². The largest absolute Gasteiger partial charge is 0.313 e. The molecule has 3 heteroatoms. The van der Waals surface area contributed by atoms with Crippen LogP contribution in [0.5, 0.6) is 0 Å². The molecule has 0 bridgehead atoms. The van der Waals surface area contributed by atoms with E-state index in [1.807, 2.05) is 12.1 Å². The first-order chi connectivity index (χ1) is 9.69. The first-order valence-electron chi connectivity index (χ1n) is 7.85. The maximum absolute atomic E-state index is 13.7. The van der Waals surface area contributed by atoms with Crippen LogP contribution in [0.3, 0.4) is 0 Å². The lowest BCUT2D eigenvalue weighted by Crippen LogP contribution is -2.38. The number of nitrogens with one attached hydrogen (secondary N) is 1. The quantitative estimate of drug-likeness (QED) is 0.801. The summed E-state index contributed by atoms with van der Waals surface area (Å²) >= 11 is 3.40. The molecule has 3 unspecified atom stereocenters. The van der Waals surface area contributed by atoms with Crippen LogP contribution in [0.25, 0.3) is 0 Å². The van der Waals surface area contributed by atoms with Gasteiger partial charge in [0.15, 0.2) is 0 Å². The van der Waals surface area contributed by atoms with Gasteiger partial charge in [0.2, 0.25) is 0 Å². The molecule has 2 aliphatic rings. The molecule has 0 amide bonds. The summed E-state index contributed by atoms with van der Waals surface area (Å²) in [5.74, 6) is 2.63. The van der Waals surface area contributed by atoms with Crippen molar-refractivity contribution in [3.8, 4) is 0 Å². The Morgan fingerprint density at radius 1 is 1.30 bits per heavy atom. The SMILES string of the molecule is CCCNC(Cc1cccc(F)c1Br)C1CC2CC2C1. The molecule has 110 valence electrons. The minimum Gasteiger partial charge on any atom is -0.313 e. The van der Waals surface area contributed by atoms with E-state index < -0.39 is 0 Å². The molecule has 2 fully saturated rings. The molecule has 2 aliphatic carbocycles. The van der Waals surface area contributed by atoms with Gasteiger partial charge in [-0.2, -0.15) is 0 Å². The number of hydrogen-bond donors (Lipinski definition) is 1. The second-order valence-electron chi connectivity index (χ2n) is 6.47. The Labute approximate surface area is 129 Å². The molecule has 0 saturated heterocycles. The Balaban J connectivity index is 1.70. The molecule has 20 heavy (non-hydrogen) atoms. The third-order valence-electron chi connectivity index (χ3n) is 4.98. The Hall–Kier alpha value is -0.410. The minimum absolute atomic E-state index is 0.147. The summed E-state index contributed by atoms with van der Waals surface area (Å²) in [6, 6.07) is 5.88. The first-order valence-corrected chi connectivity index (χ1v) is 8.64. The topological polar surface area (TPSA) is 12.0 Å². The standard InChI is InChI=1S/C17H23BrFN/c1-2-6-20-16(14-8-12-7-13(12)9-14)10-11-4-3-5-15(19)17(11)18/h3-5,12-14,16,20H,2,6-10H2,1H3. The summed E-state index contributed by atoms with van der Waals surface area (Å²) in [4.78, 5) is 0. The van der Waals surface area contributed by atoms with Crippen molar-refractivity contribution >= 4 is 15.9 Å². The Morgan fingerprint density at radius 3 is 2.75 bits per heavy atom. The molecule has 0 heterocycles. The van der Waals surface area contributed by atoms with Crippen LogP contribution in [-0.2, 0) is 6.42 Å². The number of rotatable bonds is 6. The number of benzene rings is 1. The monoisotopic (exact) mass is 339 g/mol. The summed E-state index contributed by atoms with van der Waals surface area (Å²) in [7, 11) is 0. The first kappa shape index (κ1) is 14.5. The molecule has 0 aromatic heterocycles. The molecule has 1 N–H and O–H groups in total. The normalized spacial score (nSPS) is 29.2. The molecule has 0 aliphatic heterocycles. The van der Waals surface area contributed by atoms with E-state index in [1.54, 1.807) is 0 Å². The van der Waals surface area contributed by atoms with E-state index in [2.05, 4.69) is 28.2 Å². The molecule has 0 spiro atoms. The molecule has 1 nitrogen and oxygen atoms in total. The molecule has 0 radical (unpaired) electrons. The lowest BCUT2D eigenvalue weighted by Gasteiger charge is -2.26. The Bertz CT molecular complexity index is 466. The van der Waals surface area contributed by atoms with Crippen LogP contribution in [0.1, 0.15) is 38.2 Å². The van der Waals surface area contributed by atoms with Crippen molar-refractivity contribution < 1.29 is 4.39 Å². The highest BCUT2D eigenvalue weighted by molar-refractivity contribution is 9.10. The summed E-state index contributed by atoms with van der Waals surface area (Å²) in [5, 5.41) is 3.70. The summed E-state index contributed by atoms with van der Waals surface area (Å²) in [6.07, 6.45) is 6.29. The van der Waals surface area contributed by atoms with Gasteiger partial charge in [-0.15, -0.1) is 0 Å². The van der Waals surface area contributed by atoms with Crippen molar-refractivity contribution in [3.63, 3.8) is 0 Å². The van der Waals surface area contributed by atoms with Crippen molar-refractivity contribution in [1.82, 2.24) is 5.32 Å². The third-order valence-corrected chi connectivity index (χ3v) is 5.87.